The lowest BCUT2D eigenvalue weighted by Gasteiger charge is -2.30. The maximum atomic E-state index is 12.4. The fourth-order valence-electron chi connectivity index (χ4n) is 2.53. The van der Waals surface area contributed by atoms with Crippen LogP contribution in [0.5, 0.6) is 0 Å². The molecule has 0 atom stereocenters. The number of urea groups is 1. The fraction of sp³-hybridized carbons (Fsp3) is 0.438. The molecule has 0 unspecified atom stereocenters. The molecular formula is C16H19BrN2O5. The van der Waals surface area contributed by atoms with Crippen LogP contribution in [0.4, 0.5) is 10.5 Å². The first kappa shape index (κ1) is 18.3. The van der Waals surface area contributed by atoms with E-state index in [4.69, 9.17) is 9.84 Å². The maximum absolute atomic E-state index is 12.4. The average Bonchev–Trinajstić information content (AvgIpc) is 2.56. The molecule has 0 aromatic heterocycles. The highest BCUT2D eigenvalue weighted by atomic mass is 79.9. The summed E-state index contributed by atoms with van der Waals surface area (Å²) in [6, 6.07) is 4.57. The molecular weight excluding hydrogens is 380 g/mol. The quantitative estimate of drug-likeness (QED) is 0.759. The number of piperidine rings is 1. The number of halogens is 1. The van der Waals surface area contributed by atoms with Gasteiger partial charge in [0, 0.05) is 17.6 Å². The minimum Gasteiger partial charge on any atom is -0.481 e. The van der Waals surface area contributed by atoms with Gasteiger partial charge >= 0.3 is 18.0 Å². The number of nitrogens with one attached hydrogen (secondary N) is 1. The van der Waals surface area contributed by atoms with Gasteiger partial charge in [-0.2, -0.15) is 0 Å². The van der Waals surface area contributed by atoms with Crippen molar-refractivity contribution in [1.29, 1.82) is 0 Å². The van der Waals surface area contributed by atoms with Gasteiger partial charge in [0.05, 0.1) is 23.8 Å². The highest BCUT2D eigenvalue weighted by molar-refractivity contribution is 9.10. The molecule has 1 aromatic rings. The fourth-order valence-corrected chi connectivity index (χ4v) is 2.89. The van der Waals surface area contributed by atoms with Crippen molar-refractivity contribution in [2.75, 3.05) is 25.0 Å². The van der Waals surface area contributed by atoms with Gasteiger partial charge in [0.25, 0.3) is 0 Å². The molecule has 2 N–H and O–H groups in total. The number of carboxylic acid groups (broad SMARTS) is 1. The molecule has 0 bridgehead atoms. The van der Waals surface area contributed by atoms with Crippen LogP contribution in [0.1, 0.15) is 30.1 Å². The molecule has 1 aromatic carbocycles. The molecule has 0 saturated carbocycles. The second-order valence-electron chi connectivity index (χ2n) is 5.44. The van der Waals surface area contributed by atoms with E-state index in [0.29, 0.717) is 36.1 Å². The Balaban J connectivity index is 2.07. The van der Waals surface area contributed by atoms with Crippen molar-refractivity contribution in [2.45, 2.75) is 19.8 Å². The molecule has 130 valence electrons. The number of anilines is 1. The van der Waals surface area contributed by atoms with Crippen LogP contribution in [0.15, 0.2) is 22.7 Å². The van der Waals surface area contributed by atoms with E-state index in [9.17, 15) is 14.4 Å². The van der Waals surface area contributed by atoms with Crippen LogP contribution >= 0.6 is 15.9 Å². The first-order chi connectivity index (χ1) is 11.4. The average molecular weight is 399 g/mol. The molecule has 1 aliphatic heterocycles. The Kier molecular flexibility index (Phi) is 6.19. The lowest BCUT2D eigenvalue weighted by atomic mass is 9.97. The second-order valence-corrected chi connectivity index (χ2v) is 6.36. The largest absolute Gasteiger partial charge is 0.481 e. The third kappa shape index (κ3) is 4.47. The number of hydrogen-bond donors (Lipinski definition) is 2. The molecule has 1 heterocycles. The Hall–Kier alpha value is -2.09. The first-order valence-electron chi connectivity index (χ1n) is 7.67. The van der Waals surface area contributed by atoms with Gasteiger partial charge in [0.1, 0.15) is 0 Å². The SMILES string of the molecule is CCOC(=O)c1cc(Br)ccc1NC(=O)N1CCC(C(=O)O)CC1. The van der Waals surface area contributed by atoms with E-state index in [2.05, 4.69) is 21.2 Å². The Bertz CT molecular complexity index is 641. The number of ether oxygens (including phenoxy) is 1. The zero-order chi connectivity index (χ0) is 17.7. The summed E-state index contributed by atoms with van der Waals surface area (Å²) >= 11 is 3.29. The summed E-state index contributed by atoms with van der Waals surface area (Å²) in [7, 11) is 0. The predicted molar refractivity (Wildman–Crippen MR) is 91.1 cm³/mol. The zero-order valence-electron chi connectivity index (χ0n) is 13.3. The van der Waals surface area contributed by atoms with Gasteiger partial charge in [0.15, 0.2) is 0 Å². The Morgan fingerprint density at radius 3 is 2.58 bits per heavy atom. The number of hydrogen-bond acceptors (Lipinski definition) is 4. The van der Waals surface area contributed by atoms with Gasteiger partial charge in [-0.15, -0.1) is 0 Å². The van der Waals surface area contributed by atoms with Gasteiger partial charge in [-0.1, -0.05) is 15.9 Å². The van der Waals surface area contributed by atoms with Crippen LogP contribution in [0.3, 0.4) is 0 Å². The molecule has 0 aliphatic carbocycles. The van der Waals surface area contributed by atoms with E-state index < -0.39 is 17.9 Å². The standard InChI is InChI=1S/C16H19BrN2O5/c1-2-24-15(22)12-9-11(17)3-4-13(12)18-16(23)19-7-5-10(6-8-19)14(20)21/h3-4,9-10H,2,5-8H2,1H3,(H,18,23)(H,20,21). The zero-order valence-corrected chi connectivity index (χ0v) is 14.8. The molecule has 1 saturated heterocycles. The van der Waals surface area contributed by atoms with Gasteiger partial charge in [-0.05, 0) is 38.0 Å². The van der Waals surface area contributed by atoms with Crippen LogP contribution in [0.2, 0.25) is 0 Å². The summed E-state index contributed by atoms with van der Waals surface area (Å²) in [6.07, 6.45) is 0.849. The summed E-state index contributed by atoms with van der Waals surface area (Å²) in [6.45, 7) is 2.68. The number of likely N-dealkylation sites (tertiary alicyclic amines) is 1. The molecule has 24 heavy (non-hydrogen) atoms. The number of carbonyl (C=O) groups excluding carboxylic acids is 2. The Morgan fingerprint density at radius 1 is 1.33 bits per heavy atom. The monoisotopic (exact) mass is 398 g/mol. The van der Waals surface area contributed by atoms with E-state index >= 15 is 0 Å². The van der Waals surface area contributed by atoms with Gasteiger partial charge in [-0.3, -0.25) is 4.79 Å². The molecule has 8 heteroatoms. The smallest absolute Gasteiger partial charge is 0.340 e. The molecule has 0 radical (unpaired) electrons. The van der Waals surface area contributed by atoms with E-state index in [1.54, 1.807) is 30.0 Å². The Morgan fingerprint density at radius 2 is 2.00 bits per heavy atom. The number of esters is 1. The molecule has 1 aliphatic rings. The number of carboxylic acids is 1. The third-order valence-electron chi connectivity index (χ3n) is 3.85. The van der Waals surface area contributed by atoms with Crippen LogP contribution in [0.25, 0.3) is 0 Å². The van der Waals surface area contributed by atoms with Crippen LogP contribution < -0.4 is 5.32 Å². The normalized spacial score (nSPS) is 15.0. The van der Waals surface area contributed by atoms with Gasteiger partial charge < -0.3 is 20.1 Å². The van der Waals surface area contributed by atoms with Gasteiger partial charge in [-0.25, -0.2) is 9.59 Å². The number of carbonyl (C=O) groups is 3. The molecule has 1 fully saturated rings. The van der Waals surface area contributed by atoms with Crippen molar-refractivity contribution >= 4 is 39.6 Å². The van der Waals surface area contributed by atoms with Crippen LogP contribution in [-0.2, 0) is 9.53 Å². The van der Waals surface area contributed by atoms with E-state index in [0.717, 1.165) is 0 Å². The number of amides is 2. The lowest BCUT2D eigenvalue weighted by molar-refractivity contribution is -0.143. The summed E-state index contributed by atoms with van der Waals surface area (Å²) in [5.41, 5.74) is 0.627. The van der Waals surface area contributed by atoms with Crippen molar-refractivity contribution in [3.8, 4) is 0 Å². The topological polar surface area (TPSA) is 95.9 Å². The molecule has 2 rings (SSSR count). The van der Waals surface area contributed by atoms with E-state index in [1.807, 2.05) is 0 Å². The van der Waals surface area contributed by atoms with E-state index in [1.165, 1.54) is 0 Å². The summed E-state index contributed by atoms with van der Waals surface area (Å²) in [5.74, 6) is -1.75. The van der Waals surface area contributed by atoms with Crippen molar-refractivity contribution in [2.24, 2.45) is 5.92 Å². The van der Waals surface area contributed by atoms with Crippen LogP contribution in [-0.4, -0.2) is 47.7 Å². The second kappa shape index (κ2) is 8.14. The summed E-state index contributed by atoms with van der Waals surface area (Å²) in [4.78, 5) is 36.9. The predicted octanol–water partition coefficient (Wildman–Crippen LogP) is 2.95. The van der Waals surface area contributed by atoms with Crippen LogP contribution in [0, 0.1) is 5.92 Å². The maximum Gasteiger partial charge on any atom is 0.340 e. The summed E-state index contributed by atoms with van der Waals surface area (Å²) < 4.78 is 5.70. The minimum atomic E-state index is -0.826. The third-order valence-corrected chi connectivity index (χ3v) is 4.34. The van der Waals surface area contributed by atoms with Gasteiger partial charge in [0.2, 0.25) is 0 Å². The highest BCUT2D eigenvalue weighted by Crippen LogP contribution is 2.24. The number of aliphatic carboxylic acids is 1. The minimum absolute atomic E-state index is 0.238. The molecule has 2 amide bonds. The first-order valence-corrected chi connectivity index (χ1v) is 8.47. The van der Waals surface area contributed by atoms with Crippen molar-refractivity contribution in [1.82, 2.24) is 4.90 Å². The van der Waals surface area contributed by atoms with E-state index in [-0.39, 0.29) is 18.2 Å². The summed E-state index contributed by atoms with van der Waals surface area (Å²) in [5, 5.41) is 11.7. The van der Waals surface area contributed by atoms with Crippen molar-refractivity contribution < 1.29 is 24.2 Å². The number of rotatable bonds is 4. The lowest BCUT2D eigenvalue weighted by Crippen LogP contribution is -2.42. The Labute approximate surface area is 148 Å². The molecule has 7 nitrogen and oxygen atoms in total. The van der Waals surface area contributed by atoms with Crippen molar-refractivity contribution in [3.63, 3.8) is 0 Å². The van der Waals surface area contributed by atoms with Crippen molar-refractivity contribution in [3.05, 3.63) is 28.2 Å². The molecule has 0 spiro atoms. The highest BCUT2D eigenvalue weighted by Gasteiger charge is 2.27. The number of nitrogens with zero attached hydrogens (tertiary/aromatic N) is 1. The number of benzene rings is 1.